The highest BCUT2D eigenvalue weighted by atomic mass is 14.9. The molecule has 0 rings (SSSR count). The van der Waals surface area contributed by atoms with Gasteiger partial charge in [-0.2, -0.15) is 0 Å². The second kappa shape index (κ2) is 6.04. The highest BCUT2D eigenvalue weighted by Crippen LogP contribution is 1.84. The first kappa shape index (κ1) is 8.91. The van der Waals surface area contributed by atoms with E-state index < -0.39 is 0 Å². The first-order valence-electron chi connectivity index (χ1n) is 3.12. The monoisotopic (exact) mass is 139 g/mol. The zero-order valence-corrected chi connectivity index (χ0v) is 5.96. The molecule has 0 saturated heterocycles. The van der Waals surface area contributed by atoms with Crippen molar-refractivity contribution < 1.29 is 0 Å². The van der Waals surface area contributed by atoms with Crippen molar-refractivity contribution in [1.82, 2.24) is 0 Å². The fraction of sp³-hybridized carbons (Fsp3) is 0.286. The fourth-order valence-electron chi connectivity index (χ4n) is 0.408. The zero-order valence-electron chi connectivity index (χ0n) is 5.96. The van der Waals surface area contributed by atoms with Gasteiger partial charge in [-0.25, -0.2) is 4.99 Å². The predicted molar refractivity (Wildman–Crippen MR) is 44.6 cm³/mol. The summed E-state index contributed by atoms with van der Waals surface area (Å²) >= 11 is 0. The molecule has 0 atom stereocenters. The molecule has 0 aromatic carbocycles. The number of hydrogen-bond acceptors (Lipinski definition) is 3. The molecule has 10 heavy (non-hydrogen) atoms. The Morgan fingerprint density at radius 3 is 2.80 bits per heavy atom. The molecule has 0 bridgehead atoms. The van der Waals surface area contributed by atoms with Crippen LogP contribution in [0.3, 0.4) is 0 Å². The van der Waals surface area contributed by atoms with E-state index >= 15 is 0 Å². The lowest BCUT2D eigenvalue weighted by atomic mass is 10.5. The Bertz CT molecular complexity index is 147. The second-order valence-electron chi connectivity index (χ2n) is 1.72. The summed E-state index contributed by atoms with van der Waals surface area (Å²) in [5.74, 6) is 0.462. The average Bonchev–Trinajstić information content (AvgIpc) is 1.89. The summed E-state index contributed by atoms with van der Waals surface area (Å²) in [4.78, 5) is 3.87. The van der Waals surface area contributed by atoms with Gasteiger partial charge >= 0.3 is 0 Å². The molecular formula is C7H13N3. The lowest BCUT2D eigenvalue weighted by molar-refractivity contribution is 1.05. The number of aliphatic imine (C=N–C) groups is 1. The third-order valence-corrected chi connectivity index (χ3v) is 0.825. The summed E-state index contributed by atoms with van der Waals surface area (Å²) in [6, 6.07) is 0. The SMILES string of the molecule is C=C/C=C(N)\N=C\CCN. The topological polar surface area (TPSA) is 64.4 Å². The standard InChI is InChI=1S/C7H13N3/c1-2-4-7(9)10-6-3-5-8/h2,4,6H,1,3,5,8-9H2/b7-4-,10-6+. The molecule has 0 aromatic rings. The van der Waals surface area contributed by atoms with Crippen LogP contribution in [-0.4, -0.2) is 12.8 Å². The van der Waals surface area contributed by atoms with E-state index in [9.17, 15) is 0 Å². The van der Waals surface area contributed by atoms with Gasteiger partial charge in [-0.05, 0) is 19.0 Å². The van der Waals surface area contributed by atoms with Gasteiger partial charge in [0.2, 0.25) is 0 Å². The van der Waals surface area contributed by atoms with Gasteiger partial charge in [-0.15, -0.1) is 0 Å². The molecular weight excluding hydrogens is 126 g/mol. The van der Waals surface area contributed by atoms with Crippen molar-refractivity contribution in [2.75, 3.05) is 6.54 Å². The first-order valence-corrected chi connectivity index (χ1v) is 3.12. The minimum Gasteiger partial charge on any atom is -0.384 e. The van der Waals surface area contributed by atoms with Crippen LogP contribution < -0.4 is 11.5 Å². The summed E-state index contributed by atoms with van der Waals surface area (Å²) < 4.78 is 0. The van der Waals surface area contributed by atoms with Gasteiger partial charge in [0.15, 0.2) is 0 Å². The quantitative estimate of drug-likeness (QED) is 0.437. The van der Waals surface area contributed by atoms with E-state index in [1.807, 2.05) is 0 Å². The summed E-state index contributed by atoms with van der Waals surface area (Å²) in [5.41, 5.74) is 10.6. The number of rotatable bonds is 4. The molecule has 0 radical (unpaired) electrons. The number of hydrogen-bond donors (Lipinski definition) is 2. The van der Waals surface area contributed by atoms with E-state index in [1.165, 1.54) is 0 Å². The van der Waals surface area contributed by atoms with Crippen molar-refractivity contribution in [3.05, 3.63) is 24.6 Å². The van der Waals surface area contributed by atoms with Crippen LogP contribution in [0.25, 0.3) is 0 Å². The van der Waals surface area contributed by atoms with Gasteiger partial charge in [-0.1, -0.05) is 12.7 Å². The van der Waals surface area contributed by atoms with Crippen LogP contribution in [0.15, 0.2) is 29.5 Å². The lowest BCUT2D eigenvalue weighted by Crippen LogP contribution is -1.99. The van der Waals surface area contributed by atoms with E-state index in [1.54, 1.807) is 18.4 Å². The van der Waals surface area contributed by atoms with Crippen molar-refractivity contribution in [3.63, 3.8) is 0 Å². The van der Waals surface area contributed by atoms with Crippen LogP contribution >= 0.6 is 0 Å². The predicted octanol–water partition coefficient (Wildman–Crippen LogP) is 0.392. The van der Waals surface area contributed by atoms with E-state index in [2.05, 4.69) is 11.6 Å². The smallest absolute Gasteiger partial charge is 0.122 e. The Labute approximate surface area is 61.1 Å². The fourth-order valence-corrected chi connectivity index (χ4v) is 0.408. The van der Waals surface area contributed by atoms with Crippen LogP contribution in [-0.2, 0) is 0 Å². The molecule has 0 fully saturated rings. The van der Waals surface area contributed by atoms with Gasteiger partial charge in [0.25, 0.3) is 0 Å². The highest BCUT2D eigenvalue weighted by molar-refractivity contribution is 5.58. The van der Waals surface area contributed by atoms with Gasteiger partial charge in [0.05, 0.1) is 0 Å². The first-order chi connectivity index (χ1) is 4.81. The maximum Gasteiger partial charge on any atom is 0.122 e. The van der Waals surface area contributed by atoms with Gasteiger partial charge in [0.1, 0.15) is 5.82 Å². The molecule has 3 heteroatoms. The Balaban J connectivity index is 3.65. The van der Waals surface area contributed by atoms with E-state index in [0.717, 1.165) is 6.42 Å². The summed E-state index contributed by atoms with van der Waals surface area (Å²) in [7, 11) is 0. The van der Waals surface area contributed by atoms with Crippen molar-refractivity contribution in [2.45, 2.75) is 6.42 Å². The maximum atomic E-state index is 5.38. The van der Waals surface area contributed by atoms with E-state index in [4.69, 9.17) is 11.5 Å². The lowest BCUT2D eigenvalue weighted by Gasteiger charge is -1.87. The van der Waals surface area contributed by atoms with Crippen LogP contribution in [0, 0.1) is 0 Å². The molecule has 0 aliphatic carbocycles. The normalized spacial score (nSPS) is 12.3. The van der Waals surface area contributed by atoms with Crippen LogP contribution in [0.5, 0.6) is 0 Å². The van der Waals surface area contributed by atoms with Crippen LogP contribution in [0.1, 0.15) is 6.42 Å². The van der Waals surface area contributed by atoms with Crippen molar-refractivity contribution in [1.29, 1.82) is 0 Å². The summed E-state index contributed by atoms with van der Waals surface area (Å²) in [5, 5.41) is 0. The number of nitrogens with zero attached hydrogens (tertiary/aromatic N) is 1. The minimum atomic E-state index is 0.462. The minimum absolute atomic E-state index is 0.462. The largest absolute Gasteiger partial charge is 0.384 e. The Morgan fingerprint density at radius 1 is 1.60 bits per heavy atom. The maximum absolute atomic E-state index is 5.38. The molecule has 56 valence electrons. The molecule has 0 aliphatic rings. The number of allylic oxidation sites excluding steroid dienone is 2. The Kier molecular flexibility index (Phi) is 5.38. The molecule has 0 unspecified atom stereocenters. The summed E-state index contributed by atoms with van der Waals surface area (Å²) in [6.07, 6.45) is 5.67. The van der Waals surface area contributed by atoms with Gasteiger partial charge < -0.3 is 11.5 Å². The highest BCUT2D eigenvalue weighted by Gasteiger charge is 1.77. The molecule has 3 nitrogen and oxygen atoms in total. The number of nitrogens with two attached hydrogens (primary N) is 2. The van der Waals surface area contributed by atoms with Gasteiger partial charge in [0, 0.05) is 6.21 Å². The van der Waals surface area contributed by atoms with Gasteiger partial charge in [-0.3, -0.25) is 0 Å². The van der Waals surface area contributed by atoms with E-state index in [-0.39, 0.29) is 0 Å². The molecule has 0 saturated carbocycles. The van der Waals surface area contributed by atoms with Crippen molar-refractivity contribution in [3.8, 4) is 0 Å². The third-order valence-electron chi connectivity index (χ3n) is 0.825. The Hall–Kier alpha value is -1.09. The van der Waals surface area contributed by atoms with Crippen molar-refractivity contribution >= 4 is 6.21 Å². The molecule has 0 spiro atoms. The summed E-state index contributed by atoms with van der Waals surface area (Å²) in [6.45, 7) is 4.08. The third kappa shape index (κ3) is 5.05. The Morgan fingerprint density at radius 2 is 2.30 bits per heavy atom. The molecule has 4 N–H and O–H groups in total. The molecule has 0 amide bonds. The second-order valence-corrected chi connectivity index (χ2v) is 1.72. The molecule has 0 aromatic heterocycles. The zero-order chi connectivity index (χ0) is 7.82. The van der Waals surface area contributed by atoms with E-state index in [0.29, 0.717) is 12.4 Å². The van der Waals surface area contributed by atoms with Crippen LogP contribution in [0.2, 0.25) is 0 Å². The molecule has 0 aliphatic heterocycles. The van der Waals surface area contributed by atoms with Crippen molar-refractivity contribution in [2.24, 2.45) is 16.5 Å². The average molecular weight is 139 g/mol. The molecule has 0 heterocycles. The van der Waals surface area contributed by atoms with Crippen LogP contribution in [0.4, 0.5) is 0 Å².